The normalized spacial score (nSPS) is 24.7. The Balaban J connectivity index is 1.32. The second kappa shape index (κ2) is 9.34. The lowest BCUT2D eigenvalue weighted by Gasteiger charge is -2.35. The lowest BCUT2D eigenvalue weighted by Crippen LogP contribution is -2.46. The molecule has 0 bridgehead atoms. The van der Waals surface area contributed by atoms with E-state index in [4.69, 9.17) is 4.74 Å². The molecule has 1 aromatic carbocycles. The number of carbonyl (C=O) groups excluding carboxylic acids is 2. The Kier molecular flexibility index (Phi) is 6.35. The molecular formula is C29H38N4O3. The number of hydrogen-bond donors (Lipinski definition) is 2. The third kappa shape index (κ3) is 4.88. The predicted molar refractivity (Wildman–Crippen MR) is 141 cm³/mol. The minimum atomic E-state index is -0.352. The SMILES string of the molecule is CC(C)CC1C(OC(C)(C)C)=CC(=O)N1C1CCN(C2=CC(=O)NC2Cc2c[nH]c3ccccc23)C1. The molecule has 0 spiro atoms. The van der Waals surface area contributed by atoms with Gasteiger partial charge in [0.1, 0.15) is 11.4 Å². The highest BCUT2D eigenvalue weighted by Gasteiger charge is 2.43. The predicted octanol–water partition coefficient (Wildman–Crippen LogP) is 4.12. The molecule has 3 aliphatic rings. The van der Waals surface area contributed by atoms with E-state index in [2.05, 4.69) is 41.2 Å². The van der Waals surface area contributed by atoms with Crippen molar-refractivity contribution in [1.82, 2.24) is 20.1 Å². The van der Waals surface area contributed by atoms with E-state index in [-0.39, 0.29) is 35.5 Å². The summed E-state index contributed by atoms with van der Waals surface area (Å²) < 4.78 is 6.24. The van der Waals surface area contributed by atoms with Crippen molar-refractivity contribution >= 4 is 22.7 Å². The van der Waals surface area contributed by atoms with Crippen LogP contribution in [0.3, 0.4) is 0 Å². The van der Waals surface area contributed by atoms with Gasteiger partial charge in [-0.1, -0.05) is 32.0 Å². The molecule has 0 aliphatic carbocycles. The second-order valence-corrected chi connectivity index (χ2v) is 11.7. The van der Waals surface area contributed by atoms with E-state index in [1.807, 2.05) is 44.0 Å². The fraction of sp³-hybridized carbons (Fsp3) is 0.517. The van der Waals surface area contributed by atoms with Crippen LogP contribution in [0.2, 0.25) is 0 Å². The number of nitrogens with zero attached hydrogens (tertiary/aromatic N) is 2. The third-order valence-corrected chi connectivity index (χ3v) is 7.28. The number of nitrogens with one attached hydrogen (secondary N) is 2. The van der Waals surface area contributed by atoms with Gasteiger partial charge in [0.05, 0.1) is 18.1 Å². The lowest BCUT2D eigenvalue weighted by atomic mass is 10.0. The summed E-state index contributed by atoms with van der Waals surface area (Å²) in [6.45, 7) is 12.0. The van der Waals surface area contributed by atoms with Crippen LogP contribution in [0.1, 0.15) is 53.0 Å². The van der Waals surface area contributed by atoms with E-state index >= 15 is 0 Å². The van der Waals surface area contributed by atoms with Gasteiger partial charge in [0.25, 0.3) is 5.91 Å². The Hall–Kier alpha value is -3.22. The largest absolute Gasteiger partial charge is 0.490 e. The van der Waals surface area contributed by atoms with Crippen LogP contribution in [-0.2, 0) is 20.7 Å². The van der Waals surface area contributed by atoms with Gasteiger partial charge in [-0.3, -0.25) is 9.59 Å². The second-order valence-electron chi connectivity index (χ2n) is 11.7. The summed E-state index contributed by atoms with van der Waals surface area (Å²) in [7, 11) is 0. The standard InChI is InChI=1S/C29H38N4O3/c1-18(2)12-25-26(36-29(3,4)5)15-28(35)33(25)20-10-11-32(17-20)24-14-27(34)31-23(24)13-19-16-30-22-9-7-6-8-21(19)22/h6-9,14-16,18,20,23,25,30H,10-13,17H2,1-5H3,(H,31,34). The van der Waals surface area contributed by atoms with Gasteiger partial charge in [-0.05, 0) is 51.2 Å². The maximum Gasteiger partial charge on any atom is 0.250 e. The molecule has 36 heavy (non-hydrogen) atoms. The highest BCUT2D eigenvalue weighted by atomic mass is 16.5. The number of fused-ring (bicyclic) bond motifs is 1. The molecule has 0 saturated carbocycles. The summed E-state index contributed by atoms with van der Waals surface area (Å²) in [6.07, 6.45) is 7.96. The Morgan fingerprint density at radius 1 is 1.14 bits per heavy atom. The molecule has 1 fully saturated rings. The molecule has 192 valence electrons. The molecular weight excluding hydrogens is 452 g/mol. The van der Waals surface area contributed by atoms with Gasteiger partial charge < -0.3 is 24.8 Å². The smallest absolute Gasteiger partial charge is 0.250 e. The first kappa shape index (κ1) is 24.5. The van der Waals surface area contributed by atoms with Crippen LogP contribution in [0.4, 0.5) is 0 Å². The van der Waals surface area contributed by atoms with Crippen LogP contribution < -0.4 is 5.32 Å². The number of amides is 2. The van der Waals surface area contributed by atoms with Gasteiger partial charge in [0.15, 0.2) is 0 Å². The minimum absolute atomic E-state index is 0.0386. The lowest BCUT2D eigenvalue weighted by molar-refractivity contribution is -0.129. The Bertz CT molecular complexity index is 1220. The molecule has 3 aliphatic heterocycles. The molecule has 1 saturated heterocycles. The average molecular weight is 491 g/mol. The van der Waals surface area contributed by atoms with Crippen LogP contribution in [0, 0.1) is 5.92 Å². The van der Waals surface area contributed by atoms with E-state index in [1.165, 1.54) is 10.9 Å². The van der Waals surface area contributed by atoms with Crippen molar-refractivity contribution in [2.75, 3.05) is 13.1 Å². The molecule has 5 rings (SSSR count). The first-order chi connectivity index (χ1) is 17.1. The molecule has 3 unspecified atom stereocenters. The van der Waals surface area contributed by atoms with E-state index in [0.29, 0.717) is 5.92 Å². The summed E-state index contributed by atoms with van der Waals surface area (Å²) >= 11 is 0. The number of aromatic amines is 1. The first-order valence-corrected chi connectivity index (χ1v) is 13.1. The first-order valence-electron chi connectivity index (χ1n) is 13.1. The molecule has 2 N–H and O–H groups in total. The van der Waals surface area contributed by atoms with Crippen molar-refractivity contribution in [3.05, 3.63) is 59.6 Å². The maximum absolute atomic E-state index is 13.2. The van der Waals surface area contributed by atoms with E-state index < -0.39 is 0 Å². The number of aromatic nitrogens is 1. The van der Waals surface area contributed by atoms with Gasteiger partial charge in [-0.25, -0.2) is 0 Å². The van der Waals surface area contributed by atoms with Crippen molar-refractivity contribution in [2.24, 2.45) is 5.92 Å². The highest BCUT2D eigenvalue weighted by molar-refractivity contribution is 5.93. The number of H-pyrrole nitrogens is 1. The van der Waals surface area contributed by atoms with Gasteiger partial charge in [-0.15, -0.1) is 0 Å². The summed E-state index contributed by atoms with van der Waals surface area (Å²) in [5.74, 6) is 1.22. The number of rotatable bonds is 7. The number of ether oxygens (including phenoxy) is 1. The molecule has 2 amide bonds. The molecule has 2 aromatic rings. The molecule has 0 radical (unpaired) electrons. The zero-order valence-electron chi connectivity index (χ0n) is 22.0. The molecule has 7 heteroatoms. The van der Waals surface area contributed by atoms with Crippen LogP contribution in [0.5, 0.6) is 0 Å². The summed E-state index contributed by atoms with van der Waals surface area (Å²) in [5, 5.41) is 4.34. The number of para-hydroxylation sites is 1. The highest BCUT2D eigenvalue weighted by Crippen LogP contribution is 2.35. The Labute approximate surface area is 213 Å². The number of hydrogen-bond acceptors (Lipinski definition) is 4. The fourth-order valence-corrected chi connectivity index (χ4v) is 5.86. The van der Waals surface area contributed by atoms with Gasteiger partial charge >= 0.3 is 0 Å². The summed E-state index contributed by atoms with van der Waals surface area (Å²) in [6, 6.07) is 8.22. The Morgan fingerprint density at radius 2 is 1.92 bits per heavy atom. The van der Waals surface area contributed by atoms with Crippen LogP contribution in [0.25, 0.3) is 10.9 Å². The van der Waals surface area contributed by atoms with Gasteiger partial charge in [0.2, 0.25) is 5.91 Å². The fourth-order valence-electron chi connectivity index (χ4n) is 5.86. The molecule has 3 atom stereocenters. The van der Waals surface area contributed by atoms with Crippen LogP contribution in [-0.4, -0.2) is 63.4 Å². The van der Waals surface area contributed by atoms with Crippen molar-refractivity contribution < 1.29 is 14.3 Å². The summed E-state index contributed by atoms with van der Waals surface area (Å²) in [5.41, 5.74) is 2.97. The maximum atomic E-state index is 13.2. The van der Waals surface area contributed by atoms with Crippen molar-refractivity contribution in [3.8, 4) is 0 Å². The van der Waals surface area contributed by atoms with Crippen molar-refractivity contribution in [1.29, 1.82) is 0 Å². The van der Waals surface area contributed by atoms with Crippen LogP contribution in [0.15, 0.2) is 54.1 Å². The summed E-state index contributed by atoms with van der Waals surface area (Å²) in [4.78, 5) is 33.3. The van der Waals surface area contributed by atoms with Gasteiger partial charge in [0, 0.05) is 54.5 Å². The monoisotopic (exact) mass is 490 g/mol. The molecule has 4 heterocycles. The molecule has 7 nitrogen and oxygen atoms in total. The number of carbonyl (C=O) groups is 2. The van der Waals surface area contributed by atoms with Crippen molar-refractivity contribution in [2.45, 2.75) is 77.6 Å². The van der Waals surface area contributed by atoms with Gasteiger partial charge in [-0.2, -0.15) is 0 Å². The zero-order chi connectivity index (χ0) is 25.6. The number of benzene rings is 1. The number of likely N-dealkylation sites (tertiary alicyclic amines) is 1. The Morgan fingerprint density at radius 3 is 2.67 bits per heavy atom. The van der Waals surface area contributed by atoms with E-state index in [9.17, 15) is 9.59 Å². The third-order valence-electron chi connectivity index (χ3n) is 7.28. The average Bonchev–Trinajstić information content (AvgIpc) is 3.55. The quantitative estimate of drug-likeness (QED) is 0.612. The minimum Gasteiger partial charge on any atom is -0.490 e. The zero-order valence-corrected chi connectivity index (χ0v) is 22.0. The van der Waals surface area contributed by atoms with E-state index in [1.54, 1.807) is 12.2 Å². The topological polar surface area (TPSA) is 77.7 Å². The van der Waals surface area contributed by atoms with Crippen molar-refractivity contribution in [3.63, 3.8) is 0 Å². The van der Waals surface area contributed by atoms with Crippen LogP contribution >= 0.6 is 0 Å². The van der Waals surface area contributed by atoms with E-state index in [0.717, 1.165) is 49.3 Å². The molecule has 1 aromatic heterocycles.